The van der Waals surface area contributed by atoms with Gasteiger partial charge in [-0.15, -0.1) is 0 Å². The molecule has 110 valence electrons. The van der Waals surface area contributed by atoms with Crippen LogP contribution >= 0.6 is 27.7 Å². The molecule has 2 aliphatic rings. The zero-order valence-corrected chi connectivity index (χ0v) is 13.9. The van der Waals surface area contributed by atoms with Crippen molar-refractivity contribution < 1.29 is 4.74 Å². The van der Waals surface area contributed by atoms with E-state index in [1.54, 1.807) is 12.4 Å². The summed E-state index contributed by atoms with van der Waals surface area (Å²) in [5.74, 6) is 2.65. The molecule has 0 atom stereocenters. The second kappa shape index (κ2) is 7.09. The van der Waals surface area contributed by atoms with E-state index in [1.165, 1.54) is 24.3 Å². The monoisotopic (exact) mass is 357 g/mol. The molecule has 2 aliphatic heterocycles. The summed E-state index contributed by atoms with van der Waals surface area (Å²) in [6.07, 6.45) is 8.61. The van der Waals surface area contributed by atoms with Gasteiger partial charge in [0, 0.05) is 31.5 Å². The first-order valence-corrected chi connectivity index (χ1v) is 9.22. The molecule has 1 aromatic heterocycles. The van der Waals surface area contributed by atoms with Gasteiger partial charge in [-0.1, -0.05) is 0 Å². The Morgan fingerprint density at radius 1 is 1.10 bits per heavy atom. The fourth-order valence-corrected chi connectivity index (χ4v) is 4.21. The maximum atomic E-state index is 5.87. The first-order valence-electron chi connectivity index (χ1n) is 7.27. The van der Waals surface area contributed by atoms with Crippen molar-refractivity contribution in [3.8, 4) is 6.01 Å². The Labute approximate surface area is 132 Å². The lowest BCUT2D eigenvalue weighted by atomic mass is 10.0. The number of piperidine rings is 1. The molecule has 0 saturated carbocycles. The Kier molecular flexibility index (Phi) is 5.18. The quantitative estimate of drug-likeness (QED) is 0.831. The third-order valence-corrected chi connectivity index (χ3v) is 5.51. The molecule has 0 unspecified atom stereocenters. The zero-order valence-electron chi connectivity index (χ0n) is 11.5. The van der Waals surface area contributed by atoms with Gasteiger partial charge in [0.1, 0.15) is 6.10 Å². The van der Waals surface area contributed by atoms with Crippen LogP contribution < -0.4 is 4.74 Å². The summed E-state index contributed by atoms with van der Waals surface area (Å²) in [5.41, 5.74) is 0. The minimum Gasteiger partial charge on any atom is -0.460 e. The van der Waals surface area contributed by atoms with E-state index in [9.17, 15) is 0 Å². The van der Waals surface area contributed by atoms with Crippen LogP contribution in [0.25, 0.3) is 0 Å². The Morgan fingerprint density at radius 3 is 2.40 bits per heavy atom. The normalized spacial score (nSPS) is 22.9. The van der Waals surface area contributed by atoms with Gasteiger partial charge < -0.3 is 9.64 Å². The van der Waals surface area contributed by atoms with Crippen LogP contribution in [0, 0.1) is 0 Å². The van der Waals surface area contributed by atoms with Crippen molar-refractivity contribution in [1.29, 1.82) is 0 Å². The smallest absolute Gasteiger partial charge is 0.316 e. The first-order chi connectivity index (χ1) is 9.81. The summed E-state index contributed by atoms with van der Waals surface area (Å²) >= 11 is 5.43. The predicted molar refractivity (Wildman–Crippen MR) is 85.3 cm³/mol. The van der Waals surface area contributed by atoms with Crippen LogP contribution in [0.1, 0.15) is 25.7 Å². The molecule has 0 aromatic carbocycles. The summed E-state index contributed by atoms with van der Waals surface area (Å²) in [7, 11) is 0. The Morgan fingerprint density at radius 2 is 1.75 bits per heavy atom. The standard InChI is InChI=1S/C14H20BrN3OS/c15-11-9-16-14(17-10-11)19-13-1-5-18(6-2-13)12-3-7-20-8-4-12/h9-10,12-13H,1-8H2. The molecule has 0 N–H and O–H groups in total. The van der Waals surface area contributed by atoms with Gasteiger partial charge in [-0.2, -0.15) is 11.8 Å². The first kappa shape index (κ1) is 14.6. The third kappa shape index (κ3) is 3.86. The molecule has 3 rings (SSSR count). The van der Waals surface area contributed by atoms with Crippen molar-refractivity contribution in [2.24, 2.45) is 0 Å². The van der Waals surface area contributed by atoms with Gasteiger partial charge >= 0.3 is 6.01 Å². The van der Waals surface area contributed by atoms with Crippen LogP contribution in [-0.4, -0.2) is 51.6 Å². The van der Waals surface area contributed by atoms with E-state index in [0.717, 1.165) is 36.4 Å². The number of nitrogens with zero attached hydrogens (tertiary/aromatic N) is 3. The lowest BCUT2D eigenvalue weighted by Crippen LogP contribution is -2.45. The van der Waals surface area contributed by atoms with E-state index >= 15 is 0 Å². The summed E-state index contributed by atoms with van der Waals surface area (Å²) in [5, 5.41) is 0. The number of likely N-dealkylation sites (tertiary alicyclic amines) is 1. The van der Waals surface area contributed by atoms with E-state index in [4.69, 9.17) is 4.74 Å². The van der Waals surface area contributed by atoms with Crippen molar-refractivity contribution in [3.05, 3.63) is 16.9 Å². The second-order valence-electron chi connectivity index (χ2n) is 5.38. The van der Waals surface area contributed by atoms with Crippen molar-refractivity contribution in [2.75, 3.05) is 24.6 Å². The minimum absolute atomic E-state index is 0.269. The molecule has 1 aromatic rings. The average Bonchev–Trinajstić information content (AvgIpc) is 2.51. The fraction of sp³-hybridized carbons (Fsp3) is 0.714. The number of aromatic nitrogens is 2. The number of ether oxygens (including phenoxy) is 1. The molecule has 0 amide bonds. The number of thioether (sulfide) groups is 1. The summed E-state index contributed by atoms with van der Waals surface area (Å²) in [6, 6.07) is 1.31. The van der Waals surface area contributed by atoms with Gasteiger partial charge in [-0.25, -0.2) is 9.97 Å². The van der Waals surface area contributed by atoms with Crippen LogP contribution in [0.15, 0.2) is 16.9 Å². The maximum absolute atomic E-state index is 5.87. The van der Waals surface area contributed by atoms with Gasteiger partial charge in [0.25, 0.3) is 0 Å². The highest BCUT2D eigenvalue weighted by molar-refractivity contribution is 9.10. The van der Waals surface area contributed by atoms with Crippen LogP contribution in [0.3, 0.4) is 0 Å². The van der Waals surface area contributed by atoms with E-state index in [0.29, 0.717) is 6.01 Å². The van der Waals surface area contributed by atoms with Crippen LogP contribution in [0.4, 0.5) is 0 Å². The van der Waals surface area contributed by atoms with E-state index < -0.39 is 0 Å². The molecular formula is C14H20BrN3OS. The second-order valence-corrected chi connectivity index (χ2v) is 7.52. The number of rotatable bonds is 3. The zero-order chi connectivity index (χ0) is 13.8. The summed E-state index contributed by atoms with van der Waals surface area (Å²) in [6.45, 7) is 2.30. The van der Waals surface area contributed by atoms with Crippen molar-refractivity contribution in [2.45, 2.75) is 37.8 Å². The number of halogens is 1. The number of hydrogen-bond donors (Lipinski definition) is 0. The highest BCUT2D eigenvalue weighted by Crippen LogP contribution is 2.25. The predicted octanol–water partition coefficient (Wildman–Crippen LogP) is 2.98. The lowest BCUT2D eigenvalue weighted by Gasteiger charge is -2.38. The largest absolute Gasteiger partial charge is 0.460 e. The van der Waals surface area contributed by atoms with Crippen LogP contribution in [0.5, 0.6) is 6.01 Å². The van der Waals surface area contributed by atoms with Crippen molar-refractivity contribution in [1.82, 2.24) is 14.9 Å². The molecule has 3 heterocycles. The fourth-order valence-electron chi connectivity index (χ4n) is 2.92. The molecule has 0 aliphatic carbocycles. The van der Waals surface area contributed by atoms with Crippen LogP contribution in [0.2, 0.25) is 0 Å². The van der Waals surface area contributed by atoms with E-state index in [2.05, 4.69) is 42.6 Å². The molecule has 4 nitrogen and oxygen atoms in total. The Hall–Kier alpha value is -0.330. The van der Waals surface area contributed by atoms with Crippen molar-refractivity contribution >= 4 is 27.7 Å². The van der Waals surface area contributed by atoms with E-state index in [-0.39, 0.29) is 6.10 Å². The molecule has 0 radical (unpaired) electrons. The SMILES string of the molecule is Brc1cnc(OC2CCN(C3CCSCC3)CC2)nc1. The molecule has 0 spiro atoms. The Balaban J connectivity index is 1.47. The average molecular weight is 358 g/mol. The molecule has 0 bridgehead atoms. The molecule has 2 fully saturated rings. The maximum Gasteiger partial charge on any atom is 0.316 e. The molecule has 20 heavy (non-hydrogen) atoms. The van der Waals surface area contributed by atoms with Gasteiger partial charge in [0.2, 0.25) is 0 Å². The molecular weight excluding hydrogens is 338 g/mol. The molecule has 6 heteroatoms. The molecule has 2 saturated heterocycles. The highest BCUT2D eigenvalue weighted by Gasteiger charge is 2.27. The van der Waals surface area contributed by atoms with Gasteiger partial charge in [-0.05, 0) is 53.1 Å². The highest BCUT2D eigenvalue weighted by atomic mass is 79.9. The third-order valence-electron chi connectivity index (χ3n) is 4.05. The number of hydrogen-bond acceptors (Lipinski definition) is 5. The van der Waals surface area contributed by atoms with Gasteiger partial charge in [-0.3, -0.25) is 0 Å². The topological polar surface area (TPSA) is 38.2 Å². The summed E-state index contributed by atoms with van der Waals surface area (Å²) in [4.78, 5) is 11.0. The van der Waals surface area contributed by atoms with Crippen LogP contribution in [-0.2, 0) is 0 Å². The van der Waals surface area contributed by atoms with Gasteiger partial charge in [0.05, 0.1) is 4.47 Å². The van der Waals surface area contributed by atoms with Gasteiger partial charge in [0.15, 0.2) is 0 Å². The minimum atomic E-state index is 0.269. The summed E-state index contributed by atoms with van der Waals surface area (Å²) < 4.78 is 6.76. The lowest BCUT2D eigenvalue weighted by molar-refractivity contribution is 0.0670. The van der Waals surface area contributed by atoms with Crippen molar-refractivity contribution in [3.63, 3.8) is 0 Å². The Bertz CT molecular complexity index is 417. The van der Waals surface area contributed by atoms with E-state index in [1.807, 2.05) is 0 Å².